The number of aliphatic imine (C=N–C) groups is 1. The van der Waals surface area contributed by atoms with Crippen LogP contribution < -0.4 is 0 Å². The summed E-state index contributed by atoms with van der Waals surface area (Å²) in [5.74, 6) is -0.206. The maximum absolute atomic E-state index is 12.9. The van der Waals surface area contributed by atoms with Crippen molar-refractivity contribution in [2.24, 2.45) is 10.4 Å². The van der Waals surface area contributed by atoms with Crippen LogP contribution in [0.1, 0.15) is 26.3 Å². The van der Waals surface area contributed by atoms with E-state index in [1.165, 1.54) is 12.1 Å². The van der Waals surface area contributed by atoms with Gasteiger partial charge in [-0.05, 0) is 17.7 Å². The van der Waals surface area contributed by atoms with E-state index in [1.807, 2.05) is 6.07 Å². The summed E-state index contributed by atoms with van der Waals surface area (Å²) < 4.78 is 12.9. The zero-order valence-electron chi connectivity index (χ0n) is 8.76. The molecule has 0 unspecified atom stereocenters. The first-order valence-corrected chi connectivity index (χ1v) is 4.83. The average Bonchev–Trinajstić information content (AvgIpc) is 2.45. The largest absolute Gasteiger partial charge is 0.257 e. The smallest absolute Gasteiger partial charge is 0.125 e. The number of nitrogens with zero attached hydrogens (tertiary/aromatic N) is 1. The van der Waals surface area contributed by atoms with Crippen LogP contribution in [0.15, 0.2) is 23.2 Å². The molecule has 2 rings (SSSR count). The molecule has 1 aliphatic heterocycles. The standard InChI is InChI=1S/C12H14FN/c1-12(2,3)11-6-8-4-5-9(13)7-10(8)14-11/h4-5,7H,6H2,1-3H3. The lowest BCUT2D eigenvalue weighted by atomic mass is 9.87. The van der Waals surface area contributed by atoms with Crippen LogP contribution in [0.4, 0.5) is 10.1 Å². The Hall–Kier alpha value is -1.18. The molecule has 0 saturated heterocycles. The molecule has 0 bridgehead atoms. The molecule has 2 heteroatoms. The summed E-state index contributed by atoms with van der Waals surface area (Å²) in [5.41, 5.74) is 3.15. The topological polar surface area (TPSA) is 12.4 Å². The van der Waals surface area contributed by atoms with Gasteiger partial charge in [0, 0.05) is 17.5 Å². The second-order valence-corrected chi connectivity index (χ2v) is 4.76. The van der Waals surface area contributed by atoms with E-state index >= 15 is 0 Å². The van der Waals surface area contributed by atoms with Gasteiger partial charge in [-0.2, -0.15) is 0 Å². The van der Waals surface area contributed by atoms with Crippen molar-refractivity contribution < 1.29 is 4.39 Å². The Bertz CT molecular complexity index is 399. The molecule has 1 aliphatic rings. The van der Waals surface area contributed by atoms with Crippen molar-refractivity contribution >= 4 is 11.4 Å². The number of rotatable bonds is 0. The predicted molar refractivity (Wildman–Crippen MR) is 56.7 cm³/mol. The Balaban J connectivity index is 2.39. The van der Waals surface area contributed by atoms with Crippen molar-refractivity contribution in [1.29, 1.82) is 0 Å². The van der Waals surface area contributed by atoms with Gasteiger partial charge in [0.2, 0.25) is 0 Å². The summed E-state index contributed by atoms with van der Waals surface area (Å²) >= 11 is 0. The van der Waals surface area contributed by atoms with E-state index in [-0.39, 0.29) is 11.2 Å². The van der Waals surface area contributed by atoms with Gasteiger partial charge in [-0.3, -0.25) is 4.99 Å². The van der Waals surface area contributed by atoms with E-state index in [9.17, 15) is 4.39 Å². The average molecular weight is 191 g/mol. The maximum Gasteiger partial charge on any atom is 0.125 e. The highest BCUT2D eigenvalue weighted by Crippen LogP contribution is 2.33. The summed E-state index contributed by atoms with van der Waals surface area (Å²) in [5, 5.41) is 0. The molecule has 1 nitrogen and oxygen atoms in total. The van der Waals surface area contributed by atoms with Crippen LogP contribution in [-0.2, 0) is 6.42 Å². The Kier molecular flexibility index (Phi) is 1.95. The van der Waals surface area contributed by atoms with Crippen LogP contribution in [0.2, 0.25) is 0 Å². The monoisotopic (exact) mass is 191 g/mol. The second kappa shape index (κ2) is 2.91. The van der Waals surface area contributed by atoms with E-state index in [0.29, 0.717) is 0 Å². The molecule has 1 aromatic rings. The van der Waals surface area contributed by atoms with E-state index < -0.39 is 0 Å². The highest BCUT2D eigenvalue weighted by atomic mass is 19.1. The quantitative estimate of drug-likeness (QED) is 0.595. The van der Waals surface area contributed by atoms with Gasteiger partial charge in [-0.15, -0.1) is 0 Å². The Morgan fingerprint density at radius 3 is 2.64 bits per heavy atom. The molecule has 1 aromatic carbocycles. The summed E-state index contributed by atoms with van der Waals surface area (Å²) in [7, 11) is 0. The molecule has 0 atom stereocenters. The van der Waals surface area contributed by atoms with Gasteiger partial charge in [-0.25, -0.2) is 4.39 Å². The minimum absolute atomic E-state index is 0.0789. The van der Waals surface area contributed by atoms with E-state index in [2.05, 4.69) is 25.8 Å². The zero-order chi connectivity index (χ0) is 10.3. The highest BCUT2D eigenvalue weighted by molar-refractivity contribution is 5.97. The molecule has 0 amide bonds. The molecule has 0 aliphatic carbocycles. The number of halogens is 1. The van der Waals surface area contributed by atoms with Gasteiger partial charge >= 0.3 is 0 Å². The van der Waals surface area contributed by atoms with E-state index in [0.717, 1.165) is 23.4 Å². The van der Waals surface area contributed by atoms with Crippen LogP contribution in [0.5, 0.6) is 0 Å². The van der Waals surface area contributed by atoms with Gasteiger partial charge in [-0.1, -0.05) is 26.8 Å². The second-order valence-electron chi connectivity index (χ2n) is 4.76. The molecule has 1 heterocycles. The number of benzene rings is 1. The van der Waals surface area contributed by atoms with Gasteiger partial charge in [0.1, 0.15) is 5.82 Å². The van der Waals surface area contributed by atoms with Crippen molar-refractivity contribution in [3.8, 4) is 0 Å². The molecular formula is C12H14FN. The van der Waals surface area contributed by atoms with Crippen molar-refractivity contribution in [3.63, 3.8) is 0 Å². The molecule has 0 saturated carbocycles. The van der Waals surface area contributed by atoms with Crippen LogP contribution in [0.25, 0.3) is 0 Å². The third-order valence-corrected chi connectivity index (χ3v) is 2.53. The van der Waals surface area contributed by atoms with E-state index in [1.54, 1.807) is 0 Å². The number of hydrogen-bond donors (Lipinski definition) is 0. The summed E-state index contributed by atoms with van der Waals surface area (Å²) in [6.45, 7) is 6.40. The van der Waals surface area contributed by atoms with Gasteiger partial charge in [0.05, 0.1) is 5.69 Å². The third kappa shape index (κ3) is 1.57. The maximum atomic E-state index is 12.9. The fraction of sp³-hybridized carbons (Fsp3) is 0.417. The van der Waals surface area contributed by atoms with Crippen LogP contribution in [-0.4, -0.2) is 5.71 Å². The summed E-state index contributed by atoms with van der Waals surface area (Å²) in [4.78, 5) is 4.46. The molecule has 14 heavy (non-hydrogen) atoms. The van der Waals surface area contributed by atoms with Crippen molar-refractivity contribution in [2.45, 2.75) is 27.2 Å². The third-order valence-electron chi connectivity index (χ3n) is 2.53. The normalized spacial score (nSPS) is 15.3. The highest BCUT2D eigenvalue weighted by Gasteiger charge is 2.24. The predicted octanol–water partition coefficient (Wildman–Crippen LogP) is 3.50. The first kappa shape index (κ1) is 9.38. The van der Waals surface area contributed by atoms with Gasteiger partial charge in [0.25, 0.3) is 0 Å². The summed E-state index contributed by atoms with van der Waals surface area (Å²) in [6, 6.07) is 4.83. The fourth-order valence-corrected chi connectivity index (χ4v) is 1.59. The lowest BCUT2D eigenvalue weighted by Gasteiger charge is -2.17. The number of hydrogen-bond acceptors (Lipinski definition) is 1. The lowest BCUT2D eigenvalue weighted by molar-refractivity contribution is 0.584. The Morgan fingerprint density at radius 1 is 1.29 bits per heavy atom. The molecule has 0 N–H and O–H groups in total. The van der Waals surface area contributed by atoms with Crippen LogP contribution in [0.3, 0.4) is 0 Å². The molecule has 74 valence electrons. The zero-order valence-corrected chi connectivity index (χ0v) is 8.76. The van der Waals surface area contributed by atoms with E-state index in [4.69, 9.17) is 0 Å². The summed E-state index contributed by atoms with van der Waals surface area (Å²) in [6.07, 6.45) is 0.860. The minimum Gasteiger partial charge on any atom is -0.257 e. The van der Waals surface area contributed by atoms with Gasteiger partial charge in [0.15, 0.2) is 0 Å². The first-order chi connectivity index (χ1) is 6.47. The Morgan fingerprint density at radius 2 is 2.00 bits per heavy atom. The first-order valence-electron chi connectivity index (χ1n) is 4.83. The molecule has 0 radical (unpaired) electrons. The minimum atomic E-state index is -0.206. The molecule has 0 aromatic heterocycles. The molecule has 0 fully saturated rings. The fourth-order valence-electron chi connectivity index (χ4n) is 1.59. The lowest BCUT2D eigenvalue weighted by Crippen LogP contribution is -2.19. The Labute approximate surface area is 83.7 Å². The SMILES string of the molecule is CC(C)(C)C1=Nc2cc(F)ccc2C1. The van der Waals surface area contributed by atoms with Crippen molar-refractivity contribution in [1.82, 2.24) is 0 Å². The van der Waals surface area contributed by atoms with Crippen molar-refractivity contribution in [3.05, 3.63) is 29.6 Å². The van der Waals surface area contributed by atoms with Crippen LogP contribution in [0, 0.1) is 11.2 Å². The van der Waals surface area contributed by atoms with Crippen LogP contribution >= 0.6 is 0 Å². The van der Waals surface area contributed by atoms with Crippen molar-refractivity contribution in [2.75, 3.05) is 0 Å². The number of fused-ring (bicyclic) bond motifs is 1. The molecule has 0 spiro atoms. The van der Waals surface area contributed by atoms with Gasteiger partial charge < -0.3 is 0 Å². The molecular weight excluding hydrogens is 177 g/mol.